The van der Waals surface area contributed by atoms with Crippen LogP contribution in [0.2, 0.25) is 0 Å². The van der Waals surface area contributed by atoms with Gasteiger partial charge in [0, 0.05) is 18.3 Å². The molecule has 0 saturated carbocycles. The number of nitrogens with one attached hydrogen (secondary N) is 1. The van der Waals surface area contributed by atoms with Crippen molar-refractivity contribution in [2.75, 3.05) is 0 Å². The highest BCUT2D eigenvalue weighted by molar-refractivity contribution is 5.96. The molecule has 0 bridgehead atoms. The zero-order valence-electron chi connectivity index (χ0n) is 12.4. The van der Waals surface area contributed by atoms with Gasteiger partial charge in [-0.2, -0.15) is 0 Å². The number of hydrogen-bond acceptors (Lipinski definition) is 4. The molecule has 6 heteroatoms. The minimum absolute atomic E-state index is 0.0210. The van der Waals surface area contributed by atoms with Crippen LogP contribution in [0.5, 0.6) is 0 Å². The van der Waals surface area contributed by atoms with Crippen LogP contribution in [0.3, 0.4) is 0 Å². The molecule has 0 spiro atoms. The summed E-state index contributed by atoms with van der Waals surface area (Å²) < 4.78 is 0. The van der Waals surface area contributed by atoms with Gasteiger partial charge in [-0.15, -0.1) is 0 Å². The van der Waals surface area contributed by atoms with Crippen molar-refractivity contribution in [3.8, 4) is 0 Å². The fourth-order valence-corrected chi connectivity index (χ4v) is 1.71. The van der Waals surface area contributed by atoms with E-state index in [1.165, 1.54) is 12.4 Å². The van der Waals surface area contributed by atoms with Crippen LogP contribution >= 0.6 is 0 Å². The van der Waals surface area contributed by atoms with Crippen LogP contribution in [0.15, 0.2) is 12.4 Å². The summed E-state index contributed by atoms with van der Waals surface area (Å²) in [7, 11) is 0. The number of nitrogens with zero attached hydrogens (tertiary/aromatic N) is 2. The summed E-state index contributed by atoms with van der Waals surface area (Å²) in [5, 5.41) is 2.64. The molecular weight excluding hydrogens is 256 g/mol. The molecular formula is C14H22N4O2. The Morgan fingerprint density at radius 2 is 1.80 bits per heavy atom. The van der Waals surface area contributed by atoms with E-state index in [-0.39, 0.29) is 17.7 Å². The Morgan fingerprint density at radius 3 is 2.20 bits per heavy atom. The predicted octanol–water partition coefficient (Wildman–Crippen LogP) is 1.23. The molecule has 110 valence electrons. The molecule has 2 atom stereocenters. The number of rotatable bonds is 6. The Bertz CT molecular complexity index is 471. The molecule has 1 aromatic rings. The SMILES string of the molecule is CC[C@H](C)[C@H](NC(=O)c1cnc(C(C)C)nc1)C(N)=O. The fraction of sp³-hybridized carbons (Fsp3) is 0.571. The van der Waals surface area contributed by atoms with E-state index in [2.05, 4.69) is 15.3 Å². The van der Waals surface area contributed by atoms with Crippen molar-refractivity contribution in [3.05, 3.63) is 23.8 Å². The summed E-state index contributed by atoms with van der Waals surface area (Å²) in [6, 6.07) is -0.683. The van der Waals surface area contributed by atoms with Crippen molar-refractivity contribution in [1.82, 2.24) is 15.3 Å². The maximum Gasteiger partial charge on any atom is 0.255 e. The predicted molar refractivity (Wildman–Crippen MR) is 76.0 cm³/mol. The second-order valence-electron chi connectivity index (χ2n) is 5.22. The number of aromatic nitrogens is 2. The fourth-order valence-electron chi connectivity index (χ4n) is 1.71. The number of primary amides is 1. The van der Waals surface area contributed by atoms with Gasteiger partial charge in [-0.3, -0.25) is 9.59 Å². The summed E-state index contributed by atoms with van der Waals surface area (Å²) in [4.78, 5) is 31.7. The highest BCUT2D eigenvalue weighted by Gasteiger charge is 2.24. The van der Waals surface area contributed by atoms with Gasteiger partial charge in [0.05, 0.1) is 5.56 Å². The first-order valence-corrected chi connectivity index (χ1v) is 6.78. The van der Waals surface area contributed by atoms with Crippen molar-refractivity contribution in [3.63, 3.8) is 0 Å². The van der Waals surface area contributed by atoms with Crippen LogP contribution < -0.4 is 11.1 Å². The Kier molecular flexibility index (Phi) is 5.61. The summed E-state index contributed by atoms with van der Waals surface area (Å²) in [6.07, 6.45) is 3.68. The van der Waals surface area contributed by atoms with E-state index in [1.54, 1.807) is 0 Å². The highest BCUT2D eigenvalue weighted by Crippen LogP contribution is 2.10. The molecule has 0 fully saturated rings. The second kappa shape index (κ2) is 6.98. The summed E-state index contributed by atoms with van der Waals surface area (Å²) in [5.41, 5.74) is 5.64. The van der Waals surface area contributed by atoms with Crippen LogP contribution in [0.25, 0.3) is 0 Å². The van der Waals surface area contributed by atoms with Gasteiger partial charge in [0.25, 0.3) is 5.91 Å². The summed E-state index contributed by atoms with van der Waals surface area (Å²) >= 11 is 0. The number of carbonyl (C=O) groups is 2. The molecule has 1 aromatic heterocycles. The molecule has 0 unspecified atom stereocenters. The normalized spacial score (nSPS) is 13.8. The molecule has 3 N–H and O–H groups in total. The lowest BCUT2D eigenvalue weighted by molar-refractivity contribution is -0.120. The minimum atomic E-state index is -0.683. The standard InChI is InChI=1S/C14H22N4O2/c1-5-9(4)11(12(15)19)18-14(20)10-6-16-13(8(2)3)17-7-10/h6-9,11H,5H2,1-4H3,(H2,15,19)(H,18,20)/t9-,11-/m0/s1. The quantitative estimate of drug-likeness (QED) is 0.817. The number of nitrogens with two attached hydrogens (primary N) is 1. The third-order valence-electron chi connectivity index (χ3n) is 3.26. The topological polar surface area (TPSA) is 98.0 Å². The number of carbonyl (C=O) groups excluding carboxylic acids is 2. The number of hydrogen-bond donors (Lipinski definition) is 2. The summed E-state index contributed by atoms with van der Waals surface area (Å²) in [5.74, 6) is -0.0651. The van der Waals surface area contributed by atoms with Gasteiger partial charge in [-0.25, -0.2) is 9.97 Å². The van der Waals surface area contributed by atoms with E-state index < -0.39 is 11.9 Å². The number of amides is 2. The van der Waals surface area contributed by atoms with Crippen LogP contribution in [0.1, 0.15) is 56.2 Å². The first-order chi connectivity index (χ1) is 9.36. The van der Waals surface area contributed by atoms with E-state index in [0.717, 1.165) is 6.42 Å². The van der Waals surface area contributed by atoms with Crippen molar-refractivity contribution in [2.24, 2.45) is 11.7 Å². The molecule has 20 heavy (non-hydrogen) atoms. The van der Waals surface area contributed by atoms with E-state index in [9.17, 15) is 9.59 Å². The first-order valence-electron chi connectivity index (χ1n) is 6.78. The Labute approximate surface area is 119 Å². The lowest BCUT2D eigenvalue weighted by Gasteiger charge is -2.21. The van der Waals surface area contributed by atoms with Crippen molar-refractivity contribution >= 4 is 11.8 Å². The van der Waals surface area contributed by atoms with Gasteiger partial charge >= 0.3 is 0 Å². The molecule has 1 rings (SSSR count). The summed E-state index contributed by atoms with van der Waals surface area (Å²) in [6.45, 7) is 7.75. The zero-order valence-corrected chi connectivity index (χ0v) is 12.4. The maximum atomic E-state index is 12.1. The lowest BCUT2D eigenvalue weighted by Crippen LogP contribution is -2.48. The van der Waals surface area contributed by atoms with Gasteiger partial charge in [0.15, 0.2) is 0 Å². The Morgan fingerprint density at radius 1 is 1.25 bits per heavy atom. The van der Waals surface area contributed by atoms with E-state index >= 15 is 0 Å². The molecule has 0 saturated heterocycles. The lowest BCUT2D eigenvalue weighted by atomic mass is 9.98. The smallest absolute Gasteiger partial charge is 0.255 e. The third-order valence-corrected chi connectivity index (χ3v) is 3.26. The van der Waals surface area contributed by atoms with Gasteiger partial charge in [0.2, 0.25) is 5.91 Å². The van der Waals surface area contributed by atoms with Crippen LogP contribution in [-0.2, 0) is 4.79 Å². The molecule has 2 amide bonds. The van der Waals surface area contributed by atoms with Gasteiger partial charge in [-0.1, -0.05) is 34.1 Å². The Balaban J connectivity index is 2.81. The first kappa shape index (κ1) is 16.1. The van der Waals surface area contributed by atoms with Gasteiger partial charge in [0.1, 0.15) is 11.9 Å². The molecule has 0 aromatic carbocycles. The van der Waals surface area contributed by atoms with Crippen molar-refractivity contribution in [2.45, 2.75) is 46.1 Å². The van der Waals surface area contributed by atoms with Crippen molar-refractivity contribution < 1.29 is 9.59 Å². The van der Waals surface area contributed by atoms with Gasteiger partial charge in [-0.05, 0) is 5.92 Å². The molecule has 0 aliphatic rings. The van der Waals surface area contributed by atoms with Crippen LogP contribution in [0.4, 0.5) is 0 Å². The zero-order chi connectivity index (χ0) is 15.3. The monoisotopic (exact) mass is 278 g/mol. The highest BCUT2D eigenvalue weighted by atomic mass is 16.2. The van der Waals surface area contributed by atoms with Gasteiger partial charge < -0.3 is 11.1 Å². The van der Waals surface area contributed by atoms with E-state index in [0.29, 0.717) is 11.4 Å². The molecule has 0 aliphatic carbocycles. The molecule has 1 heterocycles. The average molecular weight is 278 g/mol. The van der Waals surface area contributed by atoms with Crippen LogP contribution in [-0.4, -0.2) is 27.8 Å². The minimum Gasteiger partial charge on any atom is -0.368 e. The second-order valence-corrected chi connectivity index (χ2v) is 5.22. The third kappa shape index (κ3) is 4.01. The van der Waals surface area contributed by atoms with Crippen molar-refractivity contribution in [1.29, 1.82) is 0 Å². The molecule has 0 radical (unpaired) electrons. The Hall–Kier alpha value is -1.98. The van der Waals surface area contributed by atoms with E-state index in [4.69, 9.17) is 5.73 Å². The molecule has 0 aliphatic heterocycles. The van der Waals surface area contributed by atoms with E-state index in [1.807, 2.05) is 27.7 Å². The maximum absolute atomic E-state index is 12.1. The van der Waals surface area contributed by atoms with Crippen LogP contribution in [0, 0.1) is 5.92 Å². The molecule has 6 nitrogen and oxygen atoms in total. The average Bonchev–Trinajstić information content (AvgIpc) is 2.43. The largest absolute Gasteiger partial charge is 0.368 e.